The second-order valence-electron chi connectivity index (χ2n) is 11.0. The highest BCUT2D eigenvalue weighted by atomic mass is 16.5. The van der Waals surface area contributed by atoms with Crippen LogP contribution in [0.15, 0.2) is 23.3 Å². The molecule has 1 aliphatic heterocycles. The van der Waals surface area contributed by atoms with Gasteiger partial charge in [-0.15, -0.1) is 0 Å². The first-order chi connectivity index (χ1) is 13.5. The molecule has 160 valence electrons. The number of Topliss-reactive ketones (excluding diaryl/α,β-unsaturated/α-hetero) is 1. The number of rotatable bonds is 2. The molecule has 0 radical (unpaired) electrons. The van der Waals surface area contributed by atoms with Gasteiger partial charge in [-0.05, 0) is 75.7 Å². The largest absolute Gasteiger partial charge is 0.389 e. The molecule has 3 fully saturated rings. The lowest BCUT2D eigenvalue weighted by molar-refractivity contribution is -0.122. The van der Waals surface area contributed by atoms with E-state index < -0.39 is 11.5 Å². The fourth-order valence-electron chi connectivity index (χ4n) is 7.28. The minimum atomic E-state index is -1.04. The highest BCUT2D eigenvalue weighted by molar-refractivity contribution is 5.94. The van der Waals surface area contributed by atoms with E-state index in [9.17, 15) is 14.7 Å². The van der Waals surface area contributed by atoms with Gasteiger partial charge >= 0.3 is 0 Å². The third-order valence-corrected chi connectivity index (χ3v) is 8.68. The van der Waals surface area contributed by atoms with Crippen LogP contribution in [0.1, 0.15) is 73.1 Å². The van der Waals surface area contributed by atoms with Gasteiger partial charge in [-0.3, -0.25) is 9.59 Å². The highest BCUT2D eigenvalue weighted by Crippen LogP contribution is 2.64. The number of hydrogen-bond donors (Lipinski definition) is 1. The second-order valence-corrected chi connectivity index (χ2v) is 11.0. The molecule has 4 aliphatic rings. The van der Waals surface area contributed by atoms with Crippen molar-refractivity contribution in [2.24, 2.45) is 29.1 Å². The van der Waals surface area contributed by atoms with Gasteiger partial charge in [0.1, 0.15) is 12.1 Å². The molecule has 0 unspecified atom stereocenters. The van der Waals surface area contributed by atoms with Crippen LogP contribution in [0, 0.1) is 29.1 Å². The second kappa shape index (κ2) is 6.88. The topological polar surface area (TPSA) is 63.6 Å². The van der Waals surface area contributed by atoms with E-state index >= 15 is 0 Å². The van der Waals surface area contributed by atoms with E-state index in [1.165, 1.54) is 5.57 Å². The van der Waals surface area contributed by atoms with Gasteiger partial charge < -0.3 is 9.84 Å². The Kier molecular flexibility index (Phi) is 4.98. The Balaban J connectivity index is 1.74. The summed E-state index contributed by atoms with van der Waals surface area (Å²) in [4.78, 5) is 24.6. The van der Waals surface area contributed by atoms with Gasteiger partial charge in [-0.2, -0.15) is 0 Å². The number of carbonyl (C=O) groups excluding carboxylic acids is 2. The van der Waals surface area contributed by atoms with Crippen LogP contribution in [-0.4, -0.2) is 34.5 Å². The predicted molar refractivity (Wildman–Crippen MR) is 112 cm³/mol. The number of aliphatic hydroxyl groups is 1. The maximum Gasteiger partial charge on any atom is 0.146 e. The first kappa shape index (κ1) is 21.0. The number of ketones is 1. The van der Waals surface area contributed by atoms with E-state index in [0.29, 0.717) is 17.4 Å². The molecule has 0 aromatic carbocycles. The molecule has 1 spiro atoms. The maximum absolute atomic E-state index is 12.7. The number of hydrogen-bond acceptors (Lipinski definition) is 4. The Labute approximate surface area is 174 Å². The maximum atomic E-state index is 12.7. The molecule has 2 saturated carbocycles. The first-order valence-electron chi connectivity index (χ1n) is 11.3. The van der Waals surface area contributed by atoms with E-state index in [0.717, 1.165) is 38.4 Å². The summed E-state index contributed by atoms with van der Waals surface area (Å²) in [7, 11) is 0. The molecule has 4 nitrogen and oxygen atoms in total. The molecule has 1 N–H and O–H groups in total. The minimum absolute atomic E-state index is 0.00341. The van der Waals surface area contributed by atoms with Crippen LogP contribution in [0.25, 0.3) is 0 Å². The van der Waals surface area contributed by atoms with Gasteiger partial charge in [0.2, 0.25) is 0 Å². The summed E-state index contributed by atoms with van der Waals surface area (Å²) >= 11 is 0. The van der Waals surface area contributed by atoms with E-state index in [1.807, 2.05) is 6.08 Å². The zero-order valence-electron chi connectivity index (χ0n) is 18.5. The van der Waals surface area contributed by atoms with Crippen LogP contribution >= 0.6 is 0 Å². The van der Waals surface area contributed by atoms with E-state index in [2.05, 4.69) is 33.8 Å². The van der Waals surface area contributed by atoms with E-state index in [-0.39, 0.29) is 35.2 Å². The monoisotopic (exact) mass is 400 g/mol. The van der Waals surface area contributed by atoms with Crippen LogP contribution in [0.4, 0.5) is 0 Å². The Morgan fingerprint density at radius 2 is 2.00 bits per heavy atom. The Morgan fingerprint density at radius 1 is 1.28 bits per heavy atom. The van der Waals surface area contributed by atoms with Crippen LogP contribution in [-0.2, 0) is 14.3 Å². The van der Waals surface area contributed by atoms with Crippen molar-refractivity contribution >= 4 is 12.1 Å². The summed E-state index contributed by atoms with van der Waals surface area (Å²) in [6.45, 7) is 10.7. The van der Waals surface area contributed by atoms with Gasteiger partial charge in [-0.1, -0.05) is 31.6 Å². The molecule has 0 bridgehead atoms. The zero-order valence-corrected chi connectivity index (χ0v) is 18.5. The summed E-state index contributed by atoms with van der Waals surface area (Å²) in [6.07, 6.45) is 10.0. The van der Waals surface area contributed by atoms with Crippen molar-refractivity contribution in [2.45, 2.75) is 90.4 Å². The van der Waals surface area contributed by atoms with Crippen molar-refractivity contribution in [3.63, 3.8) is 0 Å². The lowest BCUT2D eigenvalue weighted by Crippen LogP contribution is -2.46. The van der Waals surface area contributed by atoms with Gasteiger partial charge in [-0.25, -0.2) is 0 Å². The van der Waals surface area contributed by atoms with E-state index in [4.69, 9.17) is 4.74 Å². The third kappa shape index (κ3) is 3.18. The number of allylic oxidation sites excluding steroid dienone is 3. The molecule has 1 saturated heterocycles. The molecule has 0 amide bonds. The fourth-order valence-corrected chi connectivity index (χ4v) is 7.28. The standard InChI is InChI=1S/C25H36O4/c1-15(2)10-18-11-16(3)25(29-18)9-8-23(4)12-19-22(20(27)13-24(19,5)28)17(14-26)6-7-21(23)25/h6,10,14,16,18-19,21-22,28H,7-9,11-13H2,1-5H3/b17-6-/t16-,18-,19-,21+,22-,23+,24+,25-/m0/s1. The molecular weight excluding hydrogens is 364 g/mol. The highest BCUT2D eigenvalue weighted by Gasteiger charge is 2.63. The number of carbonyl (C=O) groups is 2. The molecule has 29 heavy (non-hydrogen) atoms. The van der Waals surface area contributed by atoms with Gasteiger partial charge in [0.05, 0.1) is 23.2 Å². The SMILES string of the molecule is CC(C)=C[C@H]1C[C@H](C)[C@]2(CC[C@]3(C)C[C@H]4[C@@H](C(=O)C[C@@]4(C)O)/C(C=O)=C\C[C@H]32)O1. The summed E-state index contributed by atoms with van der Waals surface area (Å²) in [5.41, 5.74) is 0.628. The first-order valence-corrected chi connectivity index (χ1v) is 11.3. The molecule has 0 aromatic rings. The smallest absolute Gasteiger partial charge is 0.146 e. The van der Waals surface area contributed by atoms with Crippen LogP contribution in [0.3, 0.4) is 0 Å². The number of aldehydes is 1. The zero-order chi connectivity index (χ0) is 21.2. The van der Waals surface area contributed by atoms with Gasteiger partial charge in [0.25, 0.3) is 0 Å². The number of ether oxygens (including phenoxy) is 1. The lowest BCUT2D eigenvalue weighted by Gasteiger charge is -2.45. The number of fused-ring (bicyclic) bond motifs is 3. The Morgan fingerprint density at radius 3 is 2.66 bits per heavy atom. The summed E-state index contributed by atoms with van der Waals surface area (Å²) in [6, 6.07) is 0. The van der Waals surface area contributed by atoms with Gasteiger partial charge in [0.15, 0.2) is 0 Å². The molecule has 4 rings (SSSR count). The van der Waals surface area contributed by atoms with Crippen LogP contribution in [0.2, 0.25) is 0 Å². The van der Waals surface area contributed by atoms with Crippen molar-refractivity contribution in [1.82, 2.24) is 0 Å². The fraction of sp³-hybridized carbons (Fsp3) is 0.760. The van der Waals surface area contributed by atoms with Crippen molar-refractivity contribution < 1.29 is 19.4 Å². The molecule has 1 heterocycles. The predicted octanol–water partition coefficient (Wildman–Crippen LogP) is 4.41. The van der Waals surface area contributed by atoms with Crippen LogP contribution in [0.5, 0.6) is 0 Å². The van der Waals surface area contributed by atoms with E-state index in [1.54, 1.807) is 6.92 Å². The summed E-state index contributed by atoms with van der Waals surface area (Å²) < 4.78 is 6.79. The summed E-state index contributed by atoms with van der Waals surface area (Å²) in [5.74, 6) is 0.117. The molecular formula is C25H36O4. The van der Waals surface area contributed by atoms with Crippen LogP contribution < -0.4 is 0 Å². The van der Waals surface area contributed by atoms with Crippen molar-refractivity contribution in [3.05, 3.63) is 23.3 Å². The minimum Gasteiger partial charge on any atom is -0.389 e. The molecule has 4 heteroatoms. The average molecular weight is 401 g/mol. The van der Waals surface area contributed by atoms with Crippen molar-refractivity contribution in [1.29, 1.82) is 0 Å². The molecule has 8 atom stereocenters. The lowest BCUT2D eigenvalue weighted by atomic mass is 9.62. The Hall–Kier alpha value is -1.26. The molecule has 0 aromatic heterocycles. The average Bonchev–Trinajstić information content (AvgIpc) is 3.12. The quantitative estimate of drug-likeness (QED) is 0.551. The third-order valence-electron chi connectivity index (χ3n) is 8.68. The van der Waals surface area contributed by atoms with Crippen molar-refractivity contribution in [3.8, 4) is 0 Å². The normalized spacial score (nSPS) is 51.0. The van der Waals surface area contributed by atoms with Gasteiger partial charge in [0, 0.05) is 12.3 Å². The Bertz CT molecular complexity index is 774. The van der Waals surface area contributed by atoms with Crippen molar-refractivity contribution in [2.75, 3.05) is 0 Å². The summed E-state index contributed by atoms with van der Waals surface area (Å²) in [5, 5.41) is 11.1. The molecule has 3 aliphatic carbocycles.